The van der Waals surface area contributed by atoms with E-state index in [1.54, 1.807) is 11.3 Å². The molecule has 0 spiro atoms. The number of aryl methyl sites for hydroxylation is 1. The highest BCUT2D eigenvalue weighted by Gasteiger charge is 2.12. The second-order valence-electron chi connectivity index (χ2n) is 4.03. The highest BCUT2D eigenvalue weighted by molar-refractivity contribution is 9.10. The highest BCUT2D eigenvalue weighted by atomic mass is 79.9. The van der Waals surface area contributed by atoms with Crippen LogP contribution >= 0.6 is 27.3 Å². The van der Waals surface area contributed by atoms with Crippen LogP contribution in [0.2, 0.25) is 0 Å². The molecule has 90 valence electrons. The van der Waals surface area contributed by atoms with Crippen LogP contribution in [0.25, 0.3) is 0 Å². The van der Waals surface area contributed by atoms with Gasteiger partial charge in [-0.3, -0.25) is 0 Å². The quantitative estimate of drug-likeness (QED) is 0.931. The largest absolute Gasteiger partial charge is 0.313 e. The van der Waals surface area contributed by atoms with E-state index in [-0.39, 0.29) is 0 Å². The molecule has 1 N–H and O–H groups in total. The summed E-state index contributed by atoms with van der Waals surface area (Å²) in [4.78, 5) is 4.34. The normalized spacial score (nSPS) is 12.6. The lowest BCUT2D eigenvalue weighted by atomic mass is 10.0. The van der Waals surface area contributed by atoms with E-state index < -0.39 is 0 Å². The Labute approximate surface area is 114 Å². The SMILES string of the molecule is CNC(Cc1nccs1)c1cc(C)cc(Br)c1. The van der Waals surface area contributed by atoms with Crippen LogP contribution in [0.4, 0.5) is 0 Å². The average molecular weight is 311 g/mol. The molecule has 1 atom stereocenters. The summed E-state index contributed by atoms with van der Waals surface area (Å²) >= 11 is 5.25. The van der Waals surface area contributed by atoms with Crippen molar-refractivity contribution in [3.63, 3.8) is 0 Å². The Kier molecular flexibility index (Phi) is 4.31. The topological polar surface area (TPSA) is 24.9 Å². The molecule has 0 radical (unpaired) electrons. The minimum Gasteiger partial charge on any atom is -0.313 e. The molecule has 4 heteroatoms. The number of likely N-dealkylation sites (N-methyl/N-ethyl adjacent to an activating group) is 1. The molecule has 0 bridgehead atoms. The molecule has 0 saturated heterocycles. The van der Waals surface area contributed by atoms with Crippen LogP contribution in [0.1, 0.15) is 22.2 Å². The Balaban J connectivity index is 2.22. The van der Waals surface area contributed by atoms with Crippen molar-refractivity contribution in [2.75, 3.05) is 7.05 Å². The lowest BCUT2D eigenvalue weighted by molar-refractivity contribution is 0.590. The number of halogens is 1. The van der Waals surface area contributed by atoms with Crippen LogP contribution in [0.3, 0.4) is 0 Å². The first kappa shape index (κ1) is 12.7. The second-order valence-corrected chi connectivity index (χ2v) is 5.93. The Hall–Kier alpha value is -0.710. The predicted molar refractivity (Wildman–Crippen MR) is 76.5 cm³/mol. The standard InChI is InChI=1S/C13H15BrN2S/c1-9-5-10(7-11(14)6-9)12(15-2)8-13-16-3-4-17-13/h3-7,12,15H,8H2,1-2H3. The summed E-state index contributed by atoms with van der Waals surface area (Å²) in [5, 5.41) is 6.55. The fourth-order valence-electron chi connectivity index (χ4n) is 1.88. The van der Waals surface area contributed by atoms with Crippen LogP contribution in [0, 0.1) is 6.92 Å². The molecule has 0 aliphatic heterocycles. The maximum Gasteiger partial charge on any atom is 0.0943 e. The van der Waals surface area contributed by atoms with Crippen LogP contribution < -0.4 is 5.32 Å². The first-order valence-electron chi connectivity index (χ1n) is 5.52. The minimum atomic E-state index is 0.317. The summed E-state index contributed by atoms with van der Waals surface area (Å²) in [6, 6.07) is 6.83. The number of thiazole rings is 1. The van der Waals surface area contributed by atoms with Crippen molar-refractivity contribution < 1.29 is 0 Å². The average Bonchev–Trinajstić information content (AvgIpc) is 2.77. The van der Waals surface area contributed by atoms with Gasteiger partial charge in [0.25, 0.3) is 0 Å². The summed E-state index contributed by atoms with van der Waals surface area (Å²) in [5.41, 5.74) is 2.57. The van der Waals surface area contributed by atoms with Gasteiger partial charge in [0, 0.05) is 28.5 Å². The van der Waals surface area contributed by atoms with Gasteiger partial charge in [0.1, 0.15) is 0 Å². The molecule has 0 aliphatic carbocycles. The molecular weight excluding hydrogens is 296 g/mol. The van der Waals surface area contributed by atoms with Crippen molar-refractivity contribution in [2.24, 2.45) is 0 Å². The number of hydrogen-bond donors (Lipinski definition) is 1. The van der Waals surface area contributed by atoms with E-state index in [1.165, 1.54) is 16.1 Å². The lowest BCUT2D eigenvalue weighted by Gasteiger charge is -2.16. The minimum absolute atomic E-state index is 0.317. The first-order valence-corrected chi connectivity index (χ1v) is 7.19. The number of nitrogens with zero attached hydrogens (tertiary/aromatic N) is 1. The maximum absolute atomic E-state index is 4.34. The van der Waals surface area contributed by atoms with Gasteiger partial charge >= 0.3 is 0 Å². The molecule has 1 aromatic heterocycles. The zero-order valence-electron chi connectivity index (χ0n) is 9.90. The number of rotatable bonds is 4. The Bertz CT molecular complexity index is 462. The third-order valence-corrected chi connectivity index (χ3v) is 3.94. The van der Waals surface area contributed by atoms with Gasteiger partial charge in [-0.05, 0) is 37.2 Å². The van der Waals surface area contributed by atoms with Crippen LogP contribution in [0.5, 0.6) is 0 Å². The molecule has 17 heavy (non-hydrogen) atoms. The van der Waals surface area contributed by atoms with Crippen molar-refractivity contribution in [1.82, 2.24) is 10.3 Å². The van der Waals surface area contributed by atoms with Gasteiger partial charge in [-0.25, -0.2) is 4.98 Å². The third kappa shape index (κ3) is 3.37. The van der Waals surface area contributed by atoms with E-state index in [2.05, 4.69) is 51.4 Å². The van der Waals surface area contributed by atoms with E-state index >= 15 is 0 Å². The van der Waals surface area contributed by atoms with Gasteiger partial charge in [-0.15, -0.1) is 11.3 Å². The third-order valence-electron chi connectivity index (χ3n) is 2.68. The van der Waals surface area contributed by atoms with Crippen molar-refractivity contribution in [2.45, 2.75) is 19.4 Å². The van der Waals surface area contributed by atoms with Crippen LogP contribution in [-0.4, -0.2) is 12.0 Å². The molecule has 1 heterocycles. The Morgan fingerprint density at radius 2 is 2.24 bits per heavy atom. The second kappa shape index (κ2) is 5.76. The zero-order chi connectivity index (χ0) is 12.3. The molecule has 2 aromatic rings. The van der Waals surface area contributed by atoms with E-state index in [1.807, 2.05) is 18.6 Å². The summed E-state index contributed by atoms with van der Waals surface area (Å²) in [5.74, 6) is 0. The van der Waals surface area contributed by atoms with Gasteiger partial charge in [0.05, 0.1) is 5.01 Å². The van der Waals surface area contributed by atoms with E-state index in [0.29, 0.717) is 6.04 Å². The molecule has 0 fully saturated rings. The molecule has 2 nitrogen and oxygen atoms in total. The molecule has 0 aliphatic rings. The molecule has 1 aromatic carbocycles. The first-order chi connectivity index (χ1) is 8.19. The molecular formula is C13H15BrN2S. The lowest BCUT2D eigenvalue weighted by Crippen LogP contribution is -2.18. The molecule has 0 amide bonds. The number of nitrogens with one attached hydrogen (secondary N) is 1. The van der Waals surface area contributed by atoms with Crippen LogP contribution in [0.15, 0.2) is 34.2 Å². The van der Waals surface area contributed by atoms with Crippen molar-refractivity contribution >= 4 is 27.3 Å². The smallest absolute Gasteiger partial charge is 0.0943 e. The Morgan fingerprint density at radius 3 is 2.82 bits per heavy atom. The van der Waals surface area contributed by atoms with Gasteiger partial charge in [-0.1, -0.05) is 22.0 Å². The fourth-order valence-corrected chi connectivity index (χ4v) is 3.17. The van der Waals surface area contributed by atoms with E-state index in [4.69, 9.17) is 0 Å². The predicted octanol–water partition coefficient (Wildman–Crippen LogP) is 3.72. The Morgan fingerprint density at radius 1 is 1.41 bits per heavy atom. The van der Waals surface area contributed by atoms with Crippen molar-refractivity contribution in [3.05, 3.63) is 50.4 Å². The number of hydrogen-bond acceptors (Lipinski definition) is 3. The highest BCUT2D eigenvalue weighted by Crippen LogP contribution is 2.24. The monoisotopic (exact) mass is 310 g/mol. The van der Waals surface area contributed by atoms with Gasteiger partial charge in [0.2, 0.25) is 0 Å². The van der Waals surface area contributed by atoms with Crippen molar-refractivity contribution in [3.8, 4) is 0 Å². The molecule has 0 saturated carbocycles. The zero-order valence-corrected chi connectivity index (χ0v) is 12.3. The summed E-state index contributed by atoms with van der Waals surface area (Å²) < 4.78 is 1.13. The molecule has 2 rings (SSSR count). The van der Waals surface area contributed by atoms with Crippen LogP contribution in [-0.2, 0) is 6.42 Å². The van der Waals surface area contributed by atoms with E-state index in [0.717, 1.165) is 10.9 Å². The van der Waals surface area contributed by atoms with Crippen molar-refractivity contribution in [1.29, 1.82) is 0 Å². The fraction of sp³-hybridized carbons (Fsp3) is 0.308. The number of benzene rings is 1. The summed E-state index contributed by atoms with van der Waals surface area (Å²) in [6.07, 6.45) is 2.79. The maximum atomic E-state index is 4.34. The number of aromatic nitrogens is 1. The summed E-state index contributed by atoms with van der Waals surface area (Å²) in [7, 11) is 1.99. The van der Waals surface area contributed by atoms with E-state index in [9.17, 15) is 0 Å². The van der Waals surface area contributed by atoms with Gasteiger partial charge in [0.15, 0.2) is 0 Å². The van der Waals surface area contributed by atoms with Gasteiger partial charge < -0.3 is 5.32 Å². The molecule has 1 unspecified atom stereocenters. The van der Waals surface area contributed by atoms with Gasteiger partial charge in [-0.2, -0.15) is 0 Å². The summed E-state index contributed by atoms with van der Waals surface area (Å²) in [6.45, 7) is 2.12.